The summed E-state index contributed by atoms with van der Waals surface area (Å²) < 4.78 is 3.95. The van der Waals surface area contributed by atoms with Crippen molar-refractivity contribution in [2.75, 3.05) is 12.4 Å². The van der Waals surface area contributed by atoms with Crippen LogP contribution in [-0.2, 0) is 17.6 Å². The van der Waals surface area contributed by atoms with Gasteiger partial charge < -0.3 is 15.4 Å². The number of hydrogen-bond donors (Lipinski definition) is 2. The fourth-order valence-electron chi connectivity index (χ4n) is 3.13. The molecule has 1 aromatic heterocycles. The van der Waals surface area contributed by atoms with E-state index in [2.05, 4.69) is 26.6 Å². The van der Waals surface area contributed by atoms with Crippen molar-refractivity contribution >= 4 is 78.9 Å². The molecule has 156 valence electrons. The molecule has 2 aromatic rings. The predicted octanol–water partition coefficient (Wildman–Crippen LogP) is 5.71. The molecule has 0 aliphatic heterocycles. The van der Waals surface area contributed by atoms with E-state index >= 15 is 0 Å². The average molecular weight is 541 g/mol. The quantitative estimate of drug-likeness (QED) is 0.290. The summed E-state index contributed by atoms with van der Waals surface area (Å²) in [6.45, 7) is 0. The first kappa shape index (κ1) is 22.7. The summed E-state index contributed by atoms with van der Waals surface area (Å²) in [5.41, 5.74) is 1.83. The van der Waals surface area contributed by atoms with E-state index in [0.717, 1.165) is 40.6 Å². The lowest BCUT2D eigenvalue weighted by molar-refractivity contribution is 0.0600. The Hall–Kier alpha value is -0.990. The Morgan fingerprint density at radius 3 is 2.45 bits per heavy atom. The van der Waals surface area contributed by atoms with Gasteiger partial charge in [-0.25, -0.2) is 4.79 Å². The molecule has 1 aromatic carbocycles. The van der Waals surface area contributed by atoms with Crippen molar-refractivity contribution < 1.29 is 14.3 Å². The fraction of sp³-hybridized carbons (Fsp3) is 0.368. The zero-order chi connectivity index (χ0) is 21.2. The molecule has 10 heteroatoms. The highest BCUT2D eigenvalue weighted by atomic mass is 79.9. The number of benzene rings is 1. The Morgan fingerprint density at radius 1 is 1.17 bits per heavy atom. The second-order valence-corrected chi connectivity index (χ2v) is 10.9. The van der Waals surface area contributed by atoms with E-state index < -0.39 is 21.8 Å². The smallest absolute Gasteiger partial charge is 0.341 e. The Labute approximate surface area is 196 Å². The molecular formula is C19H18BrCl3N2O3S. The molecule has 0 spiro atoms. The number of anilines is 1. The average Bonchev–Trinajstić information content (AvgIpc) is 3.04. The highest BCUT2D eigenvalue weighted by Gasteiger charge is 2.36. The number of alkyl halides is 3. The number of aryl methyl sites for hydroxylation is 1. The second-order valence-electron chi connectivity index (χ2n) is 6.51. The number of halogens is 4. The molecule has 2 N–H and O–H groups in total. The maximum absolute atomic E-state index is 12.6. The van der Waals surface area contributed by atoms with Gasteiger partial charge >= 0.3 is 5.97 Å². The molecule has 1 aliphatic rings. The summed E-state index contributed by atoms with van der Waals surface area (Å²) in [5.74, 6) is -0.864. The zero-order valence-corrected chi connectivity index (χ0v) is 20.0. The zero-order valence-electron chi connectivity index (χ0n) is 15.4. The molecule has 0 saturated heterocycles. The molecular weight excluding hydrogens is 523 g/mol. The van der Waals surface area contributed by atoms with Crippen LogP contribution in [0.15, 0.2) is 28.7 Å². The number of ether oxygens (including phenoxy) is 1. The molecule has 1 unspecified atom stereocenters. The van der Waals surface area contributed by atoms with Gasteiger partial charge in [0.2, 0.25) is 3.79 Å². The molecule has 0 fully saturated rings. The highest BCUT2D eigenvalue weighted by molar-refractivity contribution is 9.10. The summed E-state index contributed by atoms with van der Waals surface area (Å²) in [7, 11) is 1.33. The summed E-state index contributed by atoms with van der Waals surface area (Å²) in [6, 6.07) is 6.79. The lowest BCUT2D eigenvalue weighted by atomic mass is 9.95. The minimum Gasteiger partial charge on any atom is -0.465 e. The van der Waals surface area contributed by atoms with Crippen LogP contribution in [0.25, 0.3) is 0 Å². The Kier molecular flexibility index (Phi) is 7.38. The lowest BCUT2D eigenvalue weighted by Gasteiger charge is -2.27. The summed E-state index contributed by atoms with van der Waals surface area (Å²) in [5, 5.41) is 6.28. The number of methoxy groups -OCH3 is 1. The second kappa shape index (κ2) is 9.43. The largest absolute Gasteiger partial charge is 0.465 e. The minimum absolute atomic E-state index is 0.410. The van der Waals surface area contributed by atoms with Crippen molar-refractivity contribution in [3.8, 4) is 0 Å². The van der Waals surface area contributed by atoms with Gasteiger partial charge in [-0.2, -0.15) is 0 Å². The number of hydrogen-bond acceptors (Lipinski definition) is 5. The van der Waals surface area contributed by atoms with Crippen LogP contribution in [-0.4, -0.2) is 28.9 Å². The third-order valence-electron chi connectivity index (χ3n) is 4.55. The number of carbonyl (C=O) groups is 2. The molecule has 29 heavy (non-hydrogen) atoms. The lowest BCUT2D eigenvalue weighted by Crippen LogP contribution is -2.49. The summed E-state index contributed by atoms with van der Waals surface area (Å²) in [4.78, 5) is 26.2. The predicted molar refractivity (Wildman–Crippen MR) is 122 cm³/mol. The van der Waals surface area contributed by atoms with Crippen molar-refractivity contribution in [2.24, 2.45) is 0 Å². The van der Waals surface area contributed by atoms with Crippen LogP contribution in [0.1, 0.15) is 44.0 Å². The number of esters is 1. The van der Waals surface area contributed by atoms with Crippen molar-refractivity contribution in [3.63, 3.8) is 0 Å². The number of thiophene rings is 1. The van der Waals surface area contributed by atoms with Gasteiger partial charge in [0.15, 0.2) is 0 Å². The highest BCUT2D eigenvalue weighted by Crippen LogP contribution is 2.40. The molecule has 0 radical (unpaired) electrons. The molecule has 0 saturated carbocycles. The molecule has 1 atom stereocenters. The SMILES string of the molecule is COC(=O)c1c(NC(NC(=O)c2ccc(Br)cc2)C(Cl)(Cl)Cl)sc2c1CCCC2. The van der Waals surface area contributed by atoms with Crippen LogP contribution >= 0.6 is 62.1 Å². The van der Waals surface area contributed by atoms with E-state index in [1.165, 1.54) is 18.4 Å². The number of rotatable bonds is 5. The first-order valence-corrected chi connectivity index (χ1v) is 11.6. The van der Waals surface area contributed by atoms with Gasteiger partial charge in [0.25, 0.3) is 5.91 Å². The number of carbonyl (C=O) groups excluding carboxylic acids is 2. The minimum atomic E-state index is -1.86. The van der Waals surface area contributed by atoms with E-state index in [9.17, 15) is 9.59 Å². The number of amides is 1. The van der Waals surface area contributed by atoms with E-state index in [1.807, 2.05) is 0 Å². The topological polar surface area (TPSA) is 67.4 Å². The van der Waals surface area contributed by atoms with Gasteiger partial charge in [0.1, 0.15) is 11.2 Å². The van der Waals surface area contributed by atoms with Crippen LogP contribution < -0.4 is 10.6 Å². The Morgan fingerprint density at radius 2 is 1.83 bits per heavy atom. The first-order valence-electron chi connectivity index (χ1n) is 8.83. The molecule has 5 nitrogen and oxygen atoms in total. The molecule has 3 rings (SSSR count). The van der Waals surface area contributed by atoms with Gasteiger partial charge in [-0.15, -0.1) is 11.3 Å². The standard InChI is InChI=1S/C19H18BrCl3N2O3S/c1-28-17(27)14-12-4-2-3-5-13(12)29-16(14)25-18(19(21,22)23)24-15(26)10-6-8-11(20)9-7-10/h6-9,18,25H,2-5H2,1H3,(H,24,26). The third kappa shape index (κ3) is 5.39. The van der Waals surface area contributed by atoms with E-state index in [-0.39, 0.29) is 0 Å². The van der Waals surface area contributed by atoms with E-state index in [0.29, 0.717) is 16.1 Å². The molecule has 1 heterocycles. The molecule has 1 aliphatic carbocycles. The van der Waals surface area contributed by atoms with Crippen LogP contribution in [0, 0.1) is 0 Å². The van der Waals surface area contributed by atoms with Crippen molar-refractivity contribution in [1.29, 1.82) is 0 Å². The van der Waals surface area contributed by atoms with E-state index in [4.69, 9.17) is 39.5 Å². The maximum atomic E-state index is 12.6. The van der Waals surface area contributed by atoms with Gasteiger partial charge in [-0.1, -0.05) is 50.7 Å². The van der Waals surface area contributed by atoms with Gasteiger partial charge in [0.05, 0.1) is 12.7 Å². The van der Waals surface area contributed by atoms with Crippen molar-refractivity contribution in [2.45, 2.75) is 35.6 Å². The van der Waals surface area contributed by atoms with E-state index in [1.54, 1.807) is 24.3 Å². The maximum Gasteiger partial charge on any atom is 0.341 e. The normalized spacial score (nSPS) is 14.7. The number of fused-ring (bicyclic) bond motifs is 1. The van der Waals surface area contributed by atoms with Crippen LogP contribution in [0.2, 0.25) is 0 Å². The Bertz CT molecular complexity index is 913. The monoisotopic (exact) mass is 538 g/mol. The molecule has 1 amide bonds. The van der Waals surface area contributed by atoms with Crippen molar-refractivity contribution in [3.05, 3.63) is 50.3 Å². The van der Waals surface area contributed by atoms with Gasteiger partial charge in [-0.3, -0.25) is 4.79 Å². The summed E-state index contributed by atoms with van der Waals surface area (Å²) >= 11 is 23.2. The number of nitrogens with one attached hydrogen (secondary N) is 2. The van der Waals surface area contributed by atoms with Crippen molar-refractivity contribution in [1.82, 2.24) is 5.32 Å². The van der Waals surface area contributed by atoms with Gasteiger partial charge in [0, 0.05) is 14.9 Å². The molecule has 0 bridgehead atoms. The van der Waals surface area contributed by atoms with Crippen LogP contribution in [0.4, 0.5) is 5.00 Å². The third-order valence-corrected chi connectivity index (χ3v) is 6.95. The first-order chi connectivity index (χ1) is 13.7. The fourth-order valence-corrected chi connectivity index (χ4v) is 5.03. The van der Waals surface area contributed by atoms with Crippen LogP contribution in [0.5, 0.6) is 0 Å². The Balaban J connectivity index is 1.89. The van der Waals surface area contributed by atoms with Crippen LogP contribution in [0.3, 0.4) is 0 Å². The van der Waals surface area contributed by atoms with Gasteiger partial charge in [-0.05, 0) is 55.5 Å². The summed E-state index contributed by atoms with van der Waals surface area (Å²) in [6.07, 6.45) is 2.67.